The number of benzene rings is 1. The van der Waals surface area contributed by atoms with E-state index < -0.39 is 10.0 Å². The van der Waals surface area contributed by atoms with E-state index in [2.05, 4.69) is 31.8 Å². The molecule has 1 saturated carbocycles. The number of rotatable bonds is 5. The predicted octanol–water partition coefficient (Wildman–Crippen LogP) is 3.19. The van der Waals surface area contributed by atoms with Gasteiger partial charge in [-0.15, -0.1) is 0 Å². The minimum absolute atomic E-state index is 0.0221. The molecule has 3 aromatic heterocycles. The SMILES string of the molecule is CS(=O)(=O)Nc1ncc2cc(-c3ccccn3)n(-c3ccc(C4(N)CCC4)cc3)c2n1. The van der Waals surface area contributed by atoms with Crippen LogP contribution in [0.1, 0.15) is 24.8 Å². The summed E-state index contributed by atoms with van der Waals surface area (Å²) in [6.45, 7) is 0. The van der Waals surface area contributed by atoms with E-state index in [0.29, 0.717) is 5.65 Å². The summed E-state index contributed by atoms with van der Waals surface area (Å²) in [5.74, 6) is 0.0221. The van der Waals surface area contributed by atoms with Gasteiger partial charge in [-0.25, -0.2) is 13.4 Å². The number of fused-ring (bicyclic) bond motifs is 1. The molecule has 0 unspecified atom stereocenters. The zero-order valence-electron chi connectivity index (χ0n) is 17.0. The highest BCUT2D eigenvalue weighted by atomic mass is 32.2. The van der Waals surface area contributed by atoms with Crippen LogP contribution in [-0.4, -0.2) is 34.2 Å². The van der Waals surface area contributed by atoms with Crippen molar-refractivity contribution in [1.29, 1.82) is 0 Å². The van der Waals surface area contributed by atoms with Crippen molar-refractivity contribution in [3.63, 3.8) is 0 Å². The number of anilines is 1. The molecule has 0 atom stereocenters. The molecule has 1 aromatic carbocycles. The van der Waals surface area contributed by atoms with Crippen LogP contribution in [0.15, 0.2) is 60.9 Å². The Morgan fingerprint density at radius 2 is 1.87 bits per heavy atom. The largest absolute Gasteiger partial charge is 0.321 e. The molecule has 1 fully saturated rings. The van der Waals surface area contributed by atoms with Crippen LogP contribution in [0.2, 0.25) is 0 Å². The number of hydrogen-bond acceptors (Lipinski definition) is 6. The van der Waals surface area contributed by atoms with Crippen LogP contribution >= 0.6 is 0 Å². The zero-order valence-corrected chi connectivity index (χ0v) is 17.8. The normalized spacial score (nSPS) is 15.5. The smallest absolute Gasteiger partial charge is 0.238 e. The summed E-state index contributed by atoms with van der Waals surface area (Å²) in [7, 11) is -3.50. The fourth-order valence-electron chi connectivity index (χ4n) is 3.96. The molecule has 0 spiro atoms. The van der Waals surface area contributed by atoms with Gasteiger partial charge in [-0.05, 0) is 55.2 Å². The number of nitrogens with two attached hydrogens (primary N) is 1. The molecule has 9 heteroatoms. The van der Waals surface area contributed by atoms with E-state index >= 15 is 0 Å². The Hall–Kier alpha value is -3.30. The molecule has 1 aliphatic carbocycles. The molecule has 158 valence electrons. The van der Waals surface area contributed by atoms with E-state index in [1.165, 1.54) is 0 Å². The van der Waals surface area contributed by atoms with Gasteiger partial charge >= 0.3 is 0 Å². The summed E-state index contributed by atoms with van der Waals surface area (Å²) in [6, 6.07) is 15.8. The lowest BCUT2D eigenvalue weighted by Crippen LogP contribution is -2.43. The van der Waals surface area contributed by atoms with Crippen molar-refractivity contribution in [2.75, 3.05) is 11.0 Å². The summed E-state index contributed by atoms with van der Waals surface area (Å²) in [5.41, 5.74) is 10.4. The minimum Gasteiger partial charge on any atom is -0.321 e. The number of sulfonamides is 1. The molecular formula is C22H22N6O2S. The quantitative estimate of drug-likeness (QED) is 0.498. The van der Waals surface area contributed by atoms with Gasteiger partial charge in [0.05, 0.1) is 17.6 Å². The van der Waals surface area contributed by atoms with E-state index in [4.69, 9.17) is 5.73 Å². The molecule has 0 amide bonds. The van der Waals surface area contributed by atoms with Crippen molar-refractivity contribution in [3.05, 3.63) is 66.5 Å². The molecule has 4 aromatic rings. The topological polar surface area (TPSA) is 116 Å². The van der Waals surface area contributed by atoms with Gasteiger partial charge < -0.3 is 5.73 Å². The first-order valence-corrected chi connectivity index (χ1v) is 11.9. The lowest BCUT2D eigenvalue weighted by molar-refractivity contribution is 0.253. The second-order valence-corrected chi connectivity index (χ2v) is 9.73. The Morgan fingerprint density at radius 1 is 1.10 bits per heavy atom. The molecule has 0 bridgehead atoms. The van der Waals surface area contributed by atoms with Gasteiger partial charge in [-0.3, -0.25) is 14.3 Å². The van der Waals surface area contributed by atoms with E-state index in [0.717, 1.165) is 53.5 Å². The molecule has 0 saturated heterocycles. The highest BCUT2D eigenvalue weighted by Crippen LogP contribution is 2.39. The molecule has 1 aliphatic rings. The second kappa shape index (κ2) is 7.14. The third-order valence-corrected chi connectivity index (χ3v) is 6.24. The lowest BCUT2D eigenvalue weighted by atomic mass is 9.73. The van der Waals surface area contributed by atoms with Gasteiger partial charge in [0.2, 0.25) is 16.0 Å². The van der Waals surface area contributed by atoms with Gasteiger partial charge in [0.1, 0.15) is 0 Å². The van der Waals surface area contributed by atoms with E-state index in [1.807, 2.05) is 41.0 Å². The summed E-state index contributed by atoms with van der Waals surface area (Å²) < 4.78 is 27.6. The lowest BCUT2D eigenvalue weighted by Gasteiger charge is -2.38. The molecule has 0 radical (unpaired) electrons. The Labute approximate surface area is 180 Å². The van der Waals surface area contributed by atoms with Crippen molar-refractivity contribution in [2.24, 2.45) is 5.73 Å². The summed E-state index contributed by atoms with van der Waals surface area (Å²) in [6.07, 6.45) is 7.55. The van der Waals surface area contributed by atoms with Gasteiger partial charge in [-0.2, -0.15) is 4.98 Å². The predicted molar refractivity (Wildman–Crippen MR) is 120 cm³/mol. The Morgan fingerprint density at radius 3 is 2.48 bits per heavy atom. The third kappa shape index (κ3) is 3.66. The number of nitrogens with zero attached hydrogens (tertiary/aromatic N) is 4. The summed E-state index contributed by atoms with van der Waals surface area (Å²) in [4.78, 5) is 13.1. The monoisotopic (exact) mass is 434 g/mol. The number of nitrogens with one attached hydrogen (secondary N) is 1. The van der Waals surface area contributed by atoms with Gasteiger partial charge in [-0.1, -0.05) is 18.2 Å². The van der Waals surface area contributed by atoms with Crippen LogP contribution in [-0.2, 0) is 15.6 Å². The van der Waals surface area contributed by atoms with Gasteiger partial charge in [0.15, 0.2) is 5.65 Å². The average molecular weight is 435 g/mol. The van der Waals surface area contributed by atoms with Crippen molar-refractivity contribution in [1.82, 2.24) is 19.5 Å². The highest BCUT2D eigenvalue weighted by molar-refractivity contribution is 7.91. The summed E-state index contributed by atoms with van der Waals surface area (Å²) in [5, 5.41) is 0.776. The maximum Gasteiger partial charge on any atom is 0.238 e. The number of aromatic nitrogens is 4. The Bertz CT molecular complexity index is 1360. The third-order valence-electron chi connectivity index (χ3n) is 5.69. The highest BCUT2D eigenvalue weighted by Gasteiger charge is 2.34. The van der Waals surface area contributed by atoms with E-state index in [9.17, 15) is 8.42 Å². The van der Waals surface area contributed by atoms with Gasteiger partial charge in [0.25, 0.3) is 0 Å². The zero-order chi connectivity index (χ0) is 21.6. The first kappa shape index (κ1) is 19.7. The minimum atomic E-state index is -3.50. The summed E-state index contributed by atoms with van der Waals surface area (Å²) >= 11 is 0. The van der Waals surface area contributed by atoms with E-state index in [1.54, 1.807) is 12.4 Å². The fraction of sp³-hybridized carbons (Fsp3) is 0.227. The molecule has 3 heterocycles. The van der Waals surface area contributed by atoms with Crippen LogP contribution in [0.4, 0.5) is 5.95 Å². The van der Waals surface area contributed by atoms with Crippen LogP contribution in [0, 0.1) is 0 Å². The molecule has 3 N–H and O–H groups in total. The number of hydrogen-bond donors (Lipinski definition) is 2. The van der Waals surface area contributed by atoms with Crippen molar-refractivity contribution < 1.29 is 8.42 Å². The Kier molecular flexibility index (Phi) is 4.53. The van der Waals surface area contributed by atoms with Crippen molar-refractivity contribution in [3.8, 4) is 17.1 Å². The maximum atomic E-state index is 11.7. The van der Waals surface area contributed by atoms with E-state index in [-0.39, 0.29) is 11.5 Å². The van der Waals surface area contributed by atoms with Crippen molar-refractivity contribution >= 4 is 27.0 Å². The van der Waals surface area contributed by atoms with Crippen LogP contribution in [0.3, 0.4) is 0 Å². The molecule has 8 nitrogen and oxygen atoms in total. The molecular weight excluding hydrogens is 412 g/mol. The standard InChI is InChI=1S/C22H22N6O2S/c1-31(29,30)27-21-25-14-15-13-19(18-5-2-3-12-24-18)28(20(15)26-21)17-8-6-16(7-9-17)22(23)10-4-11-22/h2-3,5-9,12-14H,4,10-11,23H2,1H3,(H,25,26,27). The van der Waals surface area contributed by atoms with Crippen LogP contribution < -0.4 is 10.5 Å². The van der Waals surface area contributed by atoms with Crippen LogP contribution in [0.5, 0.6) is 0 Å². The molecule has 31 heavy (non-hydrogen) atoms. The number of pyridine rings is 1. The van der Waals surface area contributed by atoms with Crippen molar-refractivity contribution in [2.45, 2.75) is 24.8 Å². The molecule has 0 aliphatic heterocycles. The van der Waals surface area contributed by atoms with Crippen LogP contribution in [0.25, 0.3) is 28.1 Å². The molecule has 5 rings (SSSR count). The Balaban J connectivity index is 1.69. The maximum absolute atomic E-state index is 11.7. The van der Waals surface area contributed by atoms with Gasteiger partial charge in [0, 0.05) is 29.0 Å². The average Bonchev–Trinajstić information content (AvgIpc) is 3.10. The fourth-order valence-corrected chi connectivity index (χ4v) is 4.39. The second-order valence-electron chi connectivity index (χ2n) is 7.98. The first-order valence-electron chi connectivity index (χ1n) is 10.00. The first-order chi connectivity index (χ1) is 14.8.